The minimum absolute atomic E-state index is 0.132. The molecule has 1 amide bonds. The summed E-state index contributed by atoms with van der Waals surface area (Å²) in [4.78, 5) is 14.7. The van der Waals surface area contributed by atoms with Crippen molar-refractivity contribution in [3.05, 3.63) is 34.6 Å². The number of halogens is 2. The number of amides is 1. The maximum atomic E-state index is 13.4. The van der Waals surface area contributed by atoms with Crippen LogP contribution in [0.15, 0.2) is 18.2 Å². The summed E-state index contributed by atoms with van der Waals surface area (Å²) in [5, 5.41) is 0.833. The van der Waals surface area contributed by atoms with E-state index in [1.54, 1.807) is 12.1 Å². The molecule has 2 unspecified atom stereocenters. The van der Waals surface area contributed by atoms with E-state index in [2.05, 4.69) is 11.2 Å². The number of hydrogen-bond acceptors (Lipinski definition) is 2. The van der Waals surface area contributed by atoms with E-state index in [4.69, 9.17) is 11.6 Å². The largest absolute Gasteiger partial charge is 0.337 e. The van der Waals surface area contributed by atoms with Crippen molar-refractivity contribution in [3.8, 4) is 0 Å². The van der Waals surface area contributed by atoms with E-state index >= 15 is 0 Å². The Balaban J connectivity index is 1.59. The maximum Gasteiger partial charge on any atom is 0.223 e. The fourth-order valence-corrected chi connectivity index (χ4v) is 4.75. The van der Waals surface area contributed by atoms with Crippen LogP contribution in [0.2, 0.25) is 5.02 Å². The molecule has 120 valence electrons. The molecule has 2 saturated heterocycles. The number of piperidine rings is 1. The summed E-state index contributed by atoms with van der Waals surface area (Å²) in [6, 6.07) is 5.64. The first-order valence-corrected chi connectivity index (χ1v) is 9.53. The van der Waals surface area contributed by atoms with Crippen LogP contribution in [0, 0.1) is 5.82 Å². The van der Waals surface area contributed by atoms with Crippen molar-refractivity contribution in [2.75, 3.05) is 6.26 Å². The zero-order chi connectivity index (χ0) is 15.7. The summed E-state index contributed by atoms with van der Waals surface area (Å²) in [6.45, 7) is 0. The van der Waals surface area contributed by atoms with Crippen molar-refractivity contribution in [3.63, 3.8) is 0 Å². The van der Waals surface area contributed by atoms with Gasteiger partial charge < -0.3 is 4.90 Å². The van der Waals surface area contributed by atoms with Crippen molar-refractivity contribution in [2.24, 2.45) is 0 Å². The van der Waals surface area contributed by atoms with Crippen LogP contribution in [0.3, 0.4) is 0 Å². The quantitative estimate of drug-likeness (QED) is 0.814. The molecular formula is C17H21ClFNOS. The van der Waals surface area contributed by atoms with Crippen LogP contribution in [0.25, 0.3) is 0 Å². The van der Waals surface area contributed by atoms with E-state index in [-0.39, 0.29) is 10.9 Å². The molecular weight excluding hydrogens is 321 g/mol. The summed E-state index contributed by atoms with van der Waals surface area (Å²) in [5.41, 5.74) is 0.835. The summed E-state index contributed by atoms with van der Waals surface area (Å²) >= 11 is 7.61. The van der Waals surface area contributed by atoms with E-state index in [0.717, 1.165) is 31.2 Å². The molecule has 0 aromatic heterocycles. The van der Waals surface area contributed by atoms with Crippen LogP contribution in [0.5, 0.6) is 0 Å². The van der Waals surface area contributed by atoms with Crippen LogP contribution in [-0.2, 0) is 11.2 Å². The third-order valence-corrected chi connectivity index (χ3v) is 6.28. The lowest BCUT2D eigenvalue weighted by atomic mass is 10.0. The molecule has 2 aliphatic heterocycles. The molecule has 0 aliphatic carbocycles. The molecule has 0 saturated carbocycles. The van der Waals surface area contributed by atoms with Gasteiger partial charge in [0.1, 0.15) is 5.82 Å². The van der Waals surface area contributed by atoms with Crippen LogP contribution in [-0.4, -0.2) is 34.4 Å². The predicted molar refractivity (Wildman–Crippen MR) is 89.9 cm³/mol. The Morgan fingerprint density at radius 1 is 1.36 bits per heavy atom. The minimum Gasteiger partial charge on any atom is -0.337 e. The fourth-order valence-electron chi connectivity index (χ4n) is 3.80. The molecule has 0 spiro atoms. The van der Waals surface area contributed by atoms with Gasteiger partial charge in [-0.3, -0.25) is 4.79 Å². The highest BCUT2D eigenvalue weighted by Crippen LogP contribution is 2.39. The molecule has 2 fully saturated rings. The zero-order valence-electron chi connectivity index (χ0n) is 12.7. The number of carbonyl (C=O) groups is 1. The number of aryl methyl sites for hydroxylation is 1. The van der Waals surface area contributed by atoms with Crippen LogP contribution >= 0.6 is 23.4 Å². The van der Waals surface area contributed by atoms with E-state index in [9.17, 15) is 9.18 Å². The first kappa shape index (κ1) is 16.1. The summed E-state index contributed by atoms with van der Waals surface area (Å²) in [6.07, 6.45) is 7.73. The van der Waals surface area contributed by atoms with Crippen LogP contribution in [0.1, 0.15) is 37.7 Å². The smallest absolute Gasteiger partial charge is 0.223 e. The second kappa shape index (κ2) is 6.79. The highest BCUT2D eigenvalue weighted by molar-refractivity contribution is 7.99. The first-order valence-electron chi connectivity index (χ1n) is 7.86. The third-order valence-electron chi connectivity index (χ3n) is 4.92. The van der Waals surface area contributed by atoms with Gasteiger partial charge in [-0.25, -0.2) is 4.39 Å². The molecule has 0 radical (unpaired) electrons. The SMILES string of the molecule is CSC1CC2CCC(C1)N2C(=O)CCc1ccc(Cl)c(F)c1. The highest BCUT2D eigenvalue weighted by Gasteiger charge is 2.42. The molecule has 0 N–H and O–H groups in total. The van der Waals surface area contributed by atoms with Crippen molar-refractivity contribution < 1.29 is 9.18 Å². The molecule has 1 aromatic rings. The second-order valence-corrected chi connectivity index (χ2v) is 7.81. The summed E-state index contributed by atoms with van der Waals surface area (Å²) in [7, 11) is 0. The van der Waals surface area contributed by atoms with E-state index in [0.29, 0.717) is 30.2 Å². The molecule has 1 aromatic carbocycles. The lowest BCUT2D eigenvalue weighted by Crippen LogP contribution is -2.47. The summed E-state index contributed by atoms with van der Waals surface area (Å²) < 4.78 is 13.4. The lowest BCUT2D eigenvalue weighted by Gasteiger charge is -2.38. The van der Waals surface area contributed by atoms with E-state index < -0.39 is 5.82 Å². The van der Waals surface area contributed by atoms with Crippen molar-refractivity contribution >= 4 is 29.3 Å². The summed E-state index contributed by atoms with van der Waals surface area (Å²) in [5.74, 6) is -0.185. The van der Waals surface area contributed by atoms with Crippen LogP contribution < -0.4 is 0 Å². The molecule has 2 aliphatic rings. The number of carbonyl (C=O) groups excluding carboxylic acids is 1. The number of fused-ring (bicyclic) bond motifs is 2. The van der Waals surface area contributed by atoms with Crippen molar-refractivity contribution in [2.45, 2.75) is 55.9 Å². The standard InChI is InChI=1S/C17H21ClFNOS/c1-22-14-9-12-4-5-13(10-14)20(12)17(21)7-3-11-2-6-15(18)16(19)8-11/h2,6,8,12-14H,3-5,7,9-10H2,1H3. The second-order valence-electron chi connectivity index (χ2n) is 6.26. The fraction of sp³-hybridized carbons (Fsp3) is 0.588. The van der Waals surface area contributed by atoms with Gasteiger partial charge in [0.2, 0.25) is 5.91 Å². The Kier molecular flexibility index (Phi) is 4.98. The first-order chi connectivity index (χ1) is 10.6. The molecule has 2 atom stereocenters. The average molecular weight is 342 g/mol. The monoisotopic (exact) mass is 341 g/mol. The lowest BCUT2D eigenvalue weighted by molar-refractivity contribution is -0.135. The maximum absolute atomic E-state index is 13.4. The van der Waals surface area contributed by atoms with Crippen molar-refractivity contribution in [1.82, 2.24) is 4.90 Å². The Morgan fingerprint density at radius 3 is 2.64 bits per heavy atom. The van der Waals surface area contributed by atoms with Gasteiger partial charge in [0, 0.05) is 23.8 Å². The third kappa shape index (κ3) is 3.28. The molecule has 2 heterocycles. The van der Waals surface area contributed by atoms with Gasteiger partial charge in [-0.1, -0.05) is 17.7 Å². The van der Waals surface area contributed by atoms with Gasteiger partial charge in [-0.2, -0.15) is 11.8 Å². The molecule has 22 heavy (non-hydrogen) atoms. The van der Waals surface area contributed by atoms with Gasteiger partial charge in [-0.15, -0.1) is 0 Å². The number of rotatable bonds is 4. The molecule has 2 bridgehead atoms. The number of nitrogens with zero attached hydrogens (tertiary/aromatic N) is 1. The Morgan fingerprint density at radius 2 is 2.05 bits per heavy atom. The molecule has 5 heteroatoms. The Bertz CT molecular complexity index is 554. The molecule has 3 rings (SSSR count). The van der Waals surface area contributed by atoms with Gasteiger partial charge in [0.15, 0.2) is 0 Å². The van der Waals surface area contributed by atoms with E-state index in [1.165, 1.54) is 6.07 Å². The minimum atomic E-state index is -0.410. The van der Waals surface area contributed by atoms with Crippen molar-refractivity contribution in [1.29, 1.82) is 0 Å². The van der Waals surface area contributed by atoms with Crippen LogP contribution in [0.4, 0.5) is 4.39 Å². The number of benzene rings is 1. The highest BCUT2D eigenvalue weighted by atomic mass is 35.5. The Labute approximate surface area is 140 Å². The van der Waals surface area contributed by atoms with Gasteiger partial charge >= 0.3 is 0 Å². The molecule has 2 nitrogen and oxygen atoms in total. The Hall–Kier alpha value is -0.740. The normalized spacial score (nSPS) is 27.2. The van der Waals surface area contributed by atoms with Gasteiger partial charge in [-0.05, 0) is 56.1 Å². The topological polar surface area (TPSA) is 20.3 Å². The predicted octanol–water partition coefficient (Wildman–Crippen LogP) is 4.30. The number of hydrogen-bond donors (Lipinski definition) is 0. The number of thioether (sulfide) groups is 1. The van der Waals surface area contributed by atoms with E-state index in [1.807, 2.05) is 11.8 Å². The van der Waals surface area contributed by atoms with Gasteiger partial charge in [0.25, 0.3) is 0 Å². The van der Waals surface area contributed by atoms with Gasteiger partial charge in [0.05, 0.1) is 5.02 Å². The zero-order valence-corrected chi connectivity index (χ0v) is 14.3. The average Bonchev–Trinajstić information content (AvgIpc) is 2.78.